The Morgan fingerprint density at radius 1 is 0.931 bits per heavy atom. The molecule has 0 atom stereocenters. The molecule has 6 nitrogen and oxygen atoms in total. The highest BCUT2D eigenvalue weighted by Gasteiger charge is 2.29. The molecule has 7 heteroatoms. The maximum atomic E-state index is 12.8. The number of carbonyl (C=O) groups excluding carboxylic acids is 1. The molecule has 0 aromatic heterocycles. The van der Waals surface area contributed by atoms with Gasteiger partial charge in [-0.05, 0) is 48.2 Å². The Balaban J connectivity index is 1.52. The molecule has 0 aliphatic carbocycles. The number of carbonyl (C=O) groups is 1. The molecule has 1 aliphatic heterocycles. The zero-order valence-corrected chi connectivity index (χ0v) is 17.8. The van der Waals surface area contributed by atoms with Crippen molar-refractivity contribution in [3.05, 3.63) is 59.7 Å². The fourth-order valence-electron chi connectivity index (χ4n) is 3.43. The zero-order valence-electron chi connectivity index (χ0n) is 17.0. The van der Waals surface area contributed by atoms with Gasteiger partial charge in [-0.2, -0.15) is 4.31 Å². The van der Waals surface area contributed by atoms with Crippen LogP contribution in [0, 0.1) is 0 Å². The summed E-state index contributed by atoms with van der Waals surface area (Å²) in [7, 11) is -2.02. The van der Waals surface area contributed by atoms with Crippen LogP contribution in [-0.4, -0.2) is 56.8 Å². The molecule has 1 saturated heterocycles. The zero-order chi connectivity index (χ0) is 20.9. The van der Waals surface area contributed by atoms with E-state index in [1.807, 2.05) is 0 Å². The minimum absolute atomic E-state index is 0.0751. The molecule has 1 heterocycles. The molecule has 0 N–H and O–H groups in total. The fraction of sp³-hybridized carbons (Fsp3) is 0.409. The van der Waals surface area contributed by atoms with Crippen molar-refractivity contribution in [1.82, 2.24) is 9.21 Å². The molecular weight excluding hydrogens is 388 g/mol. The summed E-state index contributed by atoms with van der Waals surface area (Å²) in [5.74, 6) is 0.690. The highest BCUT2D eigenvalue weighted by molar-refractivity contribution is 7.89. The van der Waals surface area contributed by atoms with Gasteiger partial charge in [-0.25, -0.2) is 8.42 Å². The lowest BCUT2D eigenvalue weighted by Gasteiger charge is -2.34. The summed E-state index contributed by atoms with van der Waals surface area (Å²) >= 11 is 0. The average molecular weight is 417 g/mol. The molecule has 0 spiro atoms. The largest absolute Gasteiger partial charge is 0.497 e. The minimum atomic E-state index is -3.56. The van der Waals surface area contributed by atoms with Crippen molar-refractivity contribution in [2.45, 2.75) is 31.1 Å². The molecule has 1 amide bonds. The number of hydrogen-bond acceptors (Lipinski definition) is 4. The Morgan fingerprint density at radius 3 is 2.07 bits per heavy atom. The third kappa shape index (κ3) is 5.16. The number of methoxy groups -OCH3 is 1. The van der Waals surface area contributed by atoms with E-state index in [0.29, 0.717) is 44.8 Å². The summed E-state index contributed by atoms with van der Waals surface area (Å²) in [6.45, 7) is 3.58. The van der Waals surface area contributed by atoms with Gasteiger partial charge in [0.25, 0.3) is 0 Å². The van der Waals surface area contributed by atoms with Gasteiger partial charge in [0, 0.05) is 32.6 Å². The Hall–Kier alpha value is -2.38. The molecule has 0 bridgehead atoms. The molecular formula is C22H28N2O4S. The fourth-order valence-corrected chi connectivity index (χ4v) is 4.85. The van der Waals surface area contributed by atoms with Gasteiger partial charge in [0.15, 0.2) is 0 Å². The van der Waals surface area contributed by atoms with Gasteiger partial charge in [0.2, 0.25) is 15.9 Å². The Bertz CT molecular complexity index is 916. The predicted molar refractivity (Wildman–Crippen MR) is 112 cm³/mol. The van der Waals surface area contributed by atoms with Crippen molar-refractivity contribution < 1.29 is 17.9 Å². The summed E-state index contributed by atoms with van der Waals surface area (Å²) in [5, 5.41) is 0. The molecule has 2 aromatic carbocycles. The Labute approximate surface area is 173 Å². The highest BCUT2D eigenvalue weighted by Crippen LogP contribution is 2.21. The van der Waals surface area contributed by atoms with E-state index in [1.165, 1.54) is 9.87 Å². The number of piperazine rings is 1. The summed E-state index contributed by atoms with van der Waals surface area (Å²) in [4.78, 5) is 14.5. The standard InChI is InChI=1S/C22H28N2O4S/c1-3-18-4-6-19(7-5-18)8-13-22(25)23-14-16-24(17-15-23)29(26,27)21-11-9-20(28-2)10-12-21/h4-7,9-12H,3,8,13-17H2,1-2H3. The van der Waals surface area contributed by atoms with Gasteiger partial charge in [0.1, 0.15) is 5.75 Å². The lowest BCUT2D eigenvalue weighted by Crippen LogP contribution is -2.50. The van der Waals surface area contributed by atoms with Crippen LogP contribution in [0.2, 0.25) is 0 Å². The summed E-state index contributed by atoms with van der Waals surface area (Å²) < 4.78 is 32.1. The van der Waals surface area contributed by atoms with Gasteiger partial charge in [0.05, 0.1) is 12.0 Å². The van der Waals surface area contributed by atoms with Crippen molar-refractivity contribution >= 4 is 15.9 Å². The molecule has 1 aliphatic rings. The lowest BCUT2D eigenvalue weighted by molar-refractivity contribution is -0.132. The summed E-state index contributed by atoms with van der Waals surface area (Å²) in [6, 6.07) is 14.7. The first-order chi connectivity index (χ1) is 13.9. The van der Waals surface area contributed by atoms with E-state index in [-0.39, 0.29) is 10.8 Å². The SMILES string of the molecule is CCc1ccc(CCC(=O)N2CCN(S(=O)(=O)c3ccc(OC)cc3)CC2)cc1. The minimum Gasteiger partial charge on any atom is -0.497 e. The maximum absolute atomic E-state index is 12.8. The molecule has 0 saturated carbocycles. The number of nitrogens with zero attached hydrogens (tertiary/aromatic N) is 2. The van der Waals surface area contributed by atoms with Crippen molar-refractivity contribution in [3.8, 4) is 5.75 Å². The normalized spacial score (nSPS) is 15.3. The molecule has 0 unspecified atom stereocenters. The highest BCUT2D eigenvalue weighted by atomic mass is 32.2. The third-order valence-electron chi connectivity index (χ3n) is 5.35. The van der Waals surface area contributed by atoms with E-state index in [2.05, 4.69) is 31.2 Å². The van der Waals surface area contributed by atoms with Crippen molar-refractivity contribution in [3.63, 3.8) is 0 Å². The lowest BCUT2D eigenvalue weighted by atomic mass is 10.1. The van der Waals surface area contributed by atoms with E-state index in [9.17, 15) is 13.2 Å². The van der Waals surface area contributed by atoms with Gasteiger partial charge >= 0.3 is 0 Å². The number of hydrogen-bond donors (Lipinski definition) is 0. The molecule has 3 rings (SSSR count). The van der Waals surface area contributed by atoms with Crippen LogP contribution in [0.15, 0.2) is 53.4 Å². The van der Waals surface area contributed by atoms with Gasteiger partial charge in [-0.1, -0.05) is 31.2 Å². The van der Waals surface area contributed by atoms with E-state index >= 15 is 0 Å². The first-order valence-corrected chi connectivity index (χ1v) is 11.4. The van der Waals surface area contributed by atoms with E-state index in [4.69, 9.17) is 4.74 Å². The van der Waals surface area contributed by atoms with Crippen LogP contribution in [0.25, 0.3) is 0 Å². The quantitative estimate of drug-likeness (QED) is 0.696. The number of sulfonamides is 1. The van der Waals surface area contributed by atoms with Crippen LogP contribution in [0.4, 0.5) is 0 Å². The van der Waals surface area contributed by atoms with E-state index < -0.39 is 10.0 Å². The molecule has 1 fully saturated rings. The number of aryl methyl sites for hydroxylation is 2. The number of rotatable bonds is 7. The van der Waals surface area contributed by atoms with Crippen molar-refractivity contribution in [1.29, 1.82) is 0 Å². The first kappa shape index (κ1) is 21.3. The smallest absolute Gasteiger partial charge is 0.243 e. The summed E-state index contributed by atoms with van der Waals surface area (Å²) in [6.07, 6.45) is 2.15. The number of ether oxygens (including phenoxy) is 1. The summed E-state index contributed by atoms with van der Waals surface area (Å²) in [5.41, 5.74) is 2.44. The Morgan fingerprint density at radius 2 is 1.52 bits per heavy atom. The van der Waals surface area contributed by atoms with Crippen LogP contribution in [0.3, 0.4) is 0 Å². The monoisotopic (exact) mass is 416 g/mol. The molecule has 29 heavy (non-hydrogen) atoms. The molecule has 156 valence electrons. The topological polar surface area (TPSA) is 66.9 Å². The van der Waals surface area contributed by atoms with Crippen LogP contribution in [-0.2, 0) is 27.7 Å². The van der Waals surface area contributed by atoms with E-state index in [1.54, 1.807) is 36.3 Å². The van der Waals surface area contributed by atoms with Crippen molar-refractivity contribution in [2.75, 3.05) is 33.3 Å². The van der Waals surface area contributed by atoms with Gasteiger partial charge in [-0.15, -0.1) is 0 Å². The van der Waals surface area contributed by atoms with Crippen LogP contribution in [0.1, 0.15) is 24.5 Å². The number of benzene rings is 2. The number of amides is 1. The van der Waals surface area contributed by atoms with Crippen LogP contribution in [0.5, 0.6) is 5.75 Å². The predicted octanol–water partition coefficient (Wildman–Crippen LogP) is 2.72. The Kier molecular flexibility index (Phi) is 6.92. The third-order valence-corrected chi connectivity index (χ3v) is 7.26. The van der Waals surface area contributed by atoms with Crippen LogP contribution >= 0.6 is 0 Å². The second-order valence-electron chi connectivity index (χ2n) is 7.13. The second-order valence-corrected chi connectivity index (χ2v) is 9.07. The first-order valence-electron chi connectivity index (χ1n) is 9.94. The second kappa shape index (κ2) is 9.41. The molecule has 2 aromatic rings. The van der Waals surface area contributed by atoms with Gasteiger partial charge < -0.3 is 9.64 Å². The van der Waals surface area contributed by atoms with Gasteiger partial charge in [-0.3, -0.25) is 4.79 Å². The maximum Gasteiger partial charge on any atom is 0.243 e. The van der Waals surface area contributed by atoms with Crippen molar-refractivity contribution in [2.24, 2.45) is 0 Å². The van der Waals surface area contributed by atoms with Crippen LogP contribution < -0.4 is 4.74 Å². The van der Waals surface area contributed by atoms with E-state index in [0.717, 1.165) is 12.0 Å². The molecule has 0 radical (unpaired) electrons. The average Bonchev–Trinajstić information content (AvgIpc) is 2.78.